The van der Waals surface area contributed by atoms with Crippen molar-refractivity contribution in [3.8, 4) is 0 Å². The first kappa shape index (κ1) is 18.9. The molecule has 0 spiro atoms. The highest BCUT2D eigenvalue weighted by atomic mass is 79.9. The summed E-state index contributed by atoms with van der Waals surface area (Å²) in [6.45, 7) is 1.79. The highest BCUT2D eigenvalue weighted by Gasteiger charge is 2.51. The smallest absolute Gasteiger partial charge is 0.318 e. The van der Waals surface area contributed by atoms with E-state index in [0.717, 1.165) is 4.90 Å². The van der Waals surface area contributed by atoms with Crippen LogP contribution in [0.3, 0.4) is 0 Å². The van der Waals surface area contributed by atoms with Crippen LogP contribution in [0.1, 0.15) is 41.0 Å². The number of halogens is 4. The van der Waals surface area contributed by atoms with Gasteiger partial charge in [0.2, 0.25) is 0 Å². The van der Waals surface area contributed by atoms with Gasteiger partial charge in [-0.1, -0.05) is 31.2 Å². The lowest BCUT2D eigenvalue weighted by atomic mass is 9.86. The van der Waals surface area contributed by atoms with E-state index in [2.05, 4.69) is 26.0 Å². The predicted octanol–water partition coefficient (Wildman–Crippen LogP) is 4.57. The summed E-state index contributed by atoms with van der Waals surface area (Å²) >= 11 is 3.26. The zero-order valence-corrected chi connectivity index (χ0v) is 16.4. The fourth-order valence-corrected chi connectivity index (χ4v) is 4.04. The Labute approximate surface area is 167 Å². The molecule has 2 unspecified atom stereocenters. The molecule has 0 aliphatic carbocycles. The number of aromatic nitrogens is 3. The topological polar surface area (TPSA) is 50.5 Å². The fraction of sp³-hybridized carbons (Fsp3) is 0.316. The highest BCUT2D eigenvalue weighted by Crippen LogP contribution is 2.44. The quantitative estimate of drug-likeness (QED) is 0.571. The van der Waals surface area contributed by atoms with Gasteiger partial charge in [-0.15, -0.1) is 0 Å². The maximum Gasteiger partial charge on any atom is 0.413 e. The first-order valence-corrected chi connectivity index (χ1v) is 9.57. The van der Waals surface area contributed by atoms with Crippen LogP contribution in [0.4, 0.5) is 13.2 Å². The van der Waals surface area contributed by atoms with Gasteiger partial charge in [-0.3, -0.25) is 4.79 Å². The third-order valence-electron chi connectivity index (χ3n) is 4.99. The first-order valence-electron chi connectivity index (χ1n) is 8.77. The largest absolute Gasteiger partial charge is 0.413 e. The van der Waals surface area contributed by atoms with Gasteiger partial charge in [0, 0.05) is 24.5 Å². The molecule has 2 aromatic heterocycles. The monoisotopic (exact) mass is 452 g/mol. The second kappa shape index (κ2) is 6.88. The zero-order chi connectivity index (χ0) is 20.1. The number of nitrogens with zero attached hydrogens (tertiary/aromatic N) is 4. The molecule has 1 amide bonds. The van der Waals surface area contributed by atoms with E-state index in [-0.39, 0.29) is 11.3 Å². The maximum atomic E-state index is 14.1. The molecule has 0 bridgehead atoms. The van der Waals surface area contributed by atoms with Crippen molar-refractivity contribution in [2.24, 2.45) is 0 Å². The summed E-state index contributed by atoms with van der Waals surface area (Å²) in [6, 6.07) is 5.28. The number of carbonyl (C=O) groups excluding carboxylic acids is 1. The van der Waals surface area contributed by atoms with E-state index >= 15 is 0 Å². The second-order valence-electron chi connectivity index (χ2n) is 6.73. The lowest BCUT2D eigenvalue weighted by Crippen LogP contribution is -2.52. The van der Waals surface area contributed by atoms with Crippen LogP contribution in [0.25, 0.3) is 5.65 Å². The number of amides is 1. The summed E-state index contributed by atoms with van der Waals surface area (Å²) in [5, 5.41) is 4.16. The minimum Gasteiger partial charge on any atom is -0.318 e. The molecule has 1 aliphatic heterocycles. The van der Waals surface area contributed by atoms with Gasteiger partial charge in [-0.05, 0) is 39.9 Å². The van der Waals surface area contributed by atoms with Gasteiger partial charge in [-0.25, -0.2) is 9.50 Å². The van der Waals surface area contributed by atoms with Gasteiger partial charge < -0.3 is 4.90 Å². The average Bonchev–Trinajstić information content (AvgIpc) is 3.08. The third kappa shape index (κ3) is 3.17. The molecular formula is C19H16BrF3N4O. The summed E-state index contributed by atoms with van der Waals surface area (Å²) < 4.78 is 44.2. The molecule has 0 radical (unpaired) electrons. The van der Waals surface area contributed by atoms with Crippen LogP contribution in [0.5, 0.6) is 0 Å². The number of benzene rings is 1. The molecule has 3 aromatic rings. The van der Waals surface area contributed by atoms with Crippen LogP contribution in [0.15, 0.2) is 47.2 Å². The van der Waals surface area contributed by atoms with Crippen molar-refractivity contribution in [1.82, 2.24) is 19.5 Å². The lowest BCUT2D eigenvalue weighted by Gasteiger charge is -2.43. The Morgan fingerprint density at radius 3 is 2.79 bits per heavy atom. The molecule has 1 aliphatic rings. The Kier molecular flexibility index (Phi) is 4.65. The summed E-state index contributed by atoms with van der Waals surface area (Å²) in [5.74, 6) is -0.745. The van der Waals surface area contributed by atoms with Crippen molar-refractivity contribution >= 4 is 27.5 Å². The van der Waals surface area contributed by atoms with Crippen LogP contribution < -0.4 is 0 Å². The number of fused-ring (bicyclic) bond motifs is 2. The van der Waals surface area contributed by atoms with Crippen molar-refractivity contribution in [2.75, 3.05) is 0 Å². The van der Waals surface area contributed by atoms with Crippen molar-refractivity contribution in [3.05, 3.63) is 64.0 Å². The van der Waals surface area contributed by atoms with Crippen LogP contribution >= 0.6 is 15.9 Å². The molecule has 9 heteroatoms. The van der Waals surface area contributed by atoms with Crippen LogP contribution in [-0.2, 0) is 6.42 Å². The molecular weight excluding hydrogens is 437 g/mol. The van der Waals surface area contributed by atoms with E-state index in [0.29, 0.717) is 28.5 Å². The molecule has 2 atom stereocenters. The normalized spacial score (nSPS) is 19.7. The Bertz CT molecular complexity index is 1050. The molecule has 1 aromatic carbocycles. The summed E-state index contributed by atoms with van der Waals surface area (Å²) in [4.78, 5) is 18.3. The first-order chi connectivity index (χ1) is 13.3. The number of hydrogen-bond acceptors (Lipinski definition) is 3. The molecule has 4 rings (SSSR count). The zero-order valence-electron chi connectivity index (χ0n) is 14.8. The van der Waals surface area contributed by atoms with Crippen LogP contribution in [0, 0.1) is 0 Å². The minimum absolute atomic E-state index is 0.0577. The standard InChI is InChI=1S/C19H16BrF3N4O/c1-2-13-7-11-5-3-4-6-14(11)17(19(21,22)23)27(13)18(28)15-8-16-24-9-12(20)10-26(16)25-15/h3-6,8-10,13,17H,2,7H2,1H3. The molecule has 0 saturated carbocycles. The van der Waals surface area contributed by atoms with E-state index in [1.165, 1.54) is 22.8 Å². The number of carbonyl (C=O) groups is 1. The van der Waals surface area contributed by atoms with Crippen molar-refractivity contribution in [3.63, 3.8) is 0 Å². The Hall–Kier alpha value is -2.42. The SMILES string of the molecule is CCC1Cc2ccccc2C(C(F)(F)F)N1C(=O)c1cc2ncc(Br)cn2n1. The maximum absolute atomic E-state index is 14.1. The molecule has 5 nitrogen and oxygen atoms in total. The van der Waals surface area contributed by atoms with Gasteiger partial charge in [0.05, 0.1) is 4.47 Å². The Morgan fingerprint density at radius 1 is 1.32 bits per heavy atom. The Morgan fingerprint density at radius 2 is 2.07 bits per heavy atom. The van der Waals surface area contributed by atoms with E-state index in [1.54, 1.807) is 31.3 Å². The van der Waals surface area contributed by atoms with Gasteiger partial charge in [0.25, 0.3) is 5.91 Å². The summed E-state index contributed by atoms with van der Waals surface area (Å²) in [5.41, 5.74) is 1.08. The van der Waals surface area contributed by atoms with Crippen molar-refractivity contribution in [2.45, 2.75) is 38.0 Å². The van der Waals surface area contributed by atoms with Gasteiger partial charge in [-0.2, -0.15) is 18.3 Å². The van der Waals surface area contributed by atoms with Gasteiger partial charge in [0.1, 0.15) is 0 Å². The van der Waals surface area contributed by atoms with Crippen molar-refractivity contribution in [1.29, 1.82) is 0 Å². The van der Waals surface area contributed by atoms with Gasteiger partial charge >= 0.3 is 6.18 Å². The molecule has 0 N–H and O–H groups in total. The van der Waals surface area contributed by atoms with E-state index in [9.17, 15) is 18.0 Å². The van der Waals surface area contributed by atoms with E-state index in [1.807, 2.05) is 0 Å². The predicted molar refractivity (Wildman–Crippen MR) is 99.9 cm³/mol. The third-order valence-corrected chi connectivity index (χ3v) is 5.40. The summed E-state index contributed by atoms with van der Waals surface area (Å²) in [6.07, 6.45) is -0.676. The fourth-order valence-electron chi connectivity index (χ4n) is 3.75. The molecule has 28 heavy (non-hydrogen) atoms. The Balaban J connectivity index is 1.83. The second-order valence-corrected chi connectivity index (χ2v) is 7.64. The van der Waals surface area contributed by atoms with Crippen LogP contribution in [-0.4, -0.2) is 37.6 Å². The molecule has 0 saturated heterocycles. The molecule has 3 heterocycles. The van der Waals surface area contributed by atoms with Crippen molar-refractivity contribution < 1.29 is 18.0 Å². The molecule has 0 fully saturated rings. The van der Waals surface area contributed by atoms with E-state index < -0.39 is 24.2 Å². The van der Waals surface area contributed by atoms with E-state index in [4.69, 9.17) is 0 Å². The lowest BCUT2D eigenvalue weighted by molar-refractivity contribution is -0.187. The number of hydrogen-bond donors (Lipinski definition) is 0. The van der Waals surface area contributed by atoms with Gasteiger partial charge in [0.15, 0.2) is 17.4 Å². The molecule has 146 valence electrons. The number of alkyl halides is 3. The summed E-state index contributed by atoms with van der Waals surface area (Å²) in [7, 11) is 0. The number of rotatable bonds is 2. The van der Waals surface area contributed by atoms with Crippen LogP contribution in [0.2, 0.25) is 0 Å². The minimum atomic E-state index is -4.60. The average molecular weight is 453 g/mol. The highest BCUT2D eigenvalue weighted by molar-refractivity contribution is 9.10.